The Morgan fingerprint density at radius 2 is 1.44 bits per heavy atom. The van der Waals surface area contributed by atoms with Crippen molar-refractivity contribution in [3.63, 3.8) is 0 Å². The molecule has 0 saturated heterocycles. The molecule has 0 bridgehead atoms. The molecule has 2 heteroatoms. The Kier molecular flexibility index (Phi) is 4.44. The standard InChI is InChI=1S/C16H28N2/c1-15(2,3)11-18(6)12-16(4,5)13-7-9-14(17)10-8-13/h7-10H,11-12,17H2,1-6H3. The summed E-state index contributed by atoms with van der Waals surface area (Å²) in [5.41, 5.74) is 8.41. The first-order chi connectivity index (χ1) is 8.10. The molecule has 0 aromatic heterocycles. The number of nitrogen functional groups attached to an aromatic ring is 1. The van der Waals surface area contributed by atoms with Crippen LogP contribution in [0.4, 0.5) is 5.69 Å². The summed E-state index contributed by atoms with van der Waals surface area (Å²) in [5.74, 6) is 0. The van der Waals surface area contributed by atoms with Crippen LogP contribution in [0.25, 0.3) is 0 Å². The van der Waals surface area contributed by atoms with Gasteiger partial charge >= 0.3 is 0 Å². The van der Waals surface area contributed by atoms with Crippen molar-refractivity contribution in [1.29, 1.82) is 0 Å². The van der Waals surface area contributed by atoms with Crippen molar-refractivity contribution in [3.8, 4) is 0 Å². The van der Waals surface area contributed by atoms with Crippen molar-refractivity contribution in [1.82, 2.24) is 4.90 Å². The van der Waals surface area contributed by atoms with Crippen LogP contribution in [-0.4, -0.2) is 25.0 Å². The van der Waals surface area contributed by atoms with Crippen LogP contribution in [0.2, 0.25) is 0 Å². The van der Waals surface area contributed by atoms with Gasteiger partial charge in [0.15, 0.2) is 0 Å². The minimum atomic E-state index is 0.147. The van der Waals surface area contributed by atoms with Crippen molar-refractivity contribution in [2.45, 2.75) is 40.0 Å². The number of benzene rings is 1. The van der Waals surface area contributed by atoms with Gasteiger partial charge in [0.25, 0.3) is 0 Å². The monoisotopic (exact) mass is 248 g/mol. The third kappa shape index (κ3) is 4.69. The van der Waals surface area contributed by atoms with Crippen LogP contribution < -0.4 is 5.73 Å². The summed E-state index contributed by atoms with van der Waals surface area (Å²) < 4.78 is 0. The van der Waals surface area contributed by atoms with Crippen LogP contribution >= 0.6 is 0 Å². The summed E-state index contributed by atoms with van der Waals surface area (Å²) in [6.45, 7) is 13.6. The van der Waals surface area contributed by atoms with Crippen molar-refractivity contribution in [3.05, 3.63) is 29.8 Å². The van der Waals surface area contributed by atoms with Gasteiger partial charge in [-0.05, 0) is 30.2 Å². The second kappa shape index (κ2) is 5.31. The average molecular weight is 248 g/mol. The first kappa shape index (κ1) is 15.0. The van der Waals surface area contributed by atoms with Gasteiger partial charge in [-0.15, -0.1) is 0 Å². The average Bonchev–Trinajstić information content (AvgIpc) is 2.13. The molecule has 1 aromatic rings. The van der Waals surface area contributed by atoms with Crippen LogP contribution in [0, 0.1) is 5.41 Å². The van der Waals surface area contributed by atoms with Crippen LogP contribution in [0.3, 0.4) is 0 Å². The van der Waals surface area contributed by atoms with Crippen molar-refractivity contribution in [2.24, 2.45) is 5.41 Å². The molecule has 0 aliphatic rings. The quantitative estimate of drug-likeness (QED) is 0.826. The fourth-order valence-electron chi connectivity index (χ4n) is 2.57. The lowest BCUT2D eigenvalue weighted by molar-refractivity contribution is 0.195. The maximum absolute atomic E-state index is 5.74. The van der Waals surface area contributed by atoms with Crippen molar-refractivity contribution >= 4 is 5.69 Å². The largest absolute Gasteiger partial charge is 0.399 e. The van der Waals surface area contributed by atoms with Gasteiger partial charge in [0.1, 0.15) is 0 Å². The molecular formula is C16H28N2. The molecule has 1 rings (SSSR count). The normalized spacial score (nSPS) is 13.1. The molecule has 0 unspecified atom stereocenters. The molecule has 0 heterocycles. The van der Waals surface area contributed by atoms with E-state index in [1.165, 1.54) is 5.56 Å². The summed E-state index contributed by atoms with van der Waals surface area (Å²) in [5, 5.41) is 0. The van der Waals surface area contributed by atoms with Gasteiger partial charge in [-0.1, -0.05) is 46.8 Å². The number of nitrogens with zero attached hydrogens (tertiary/aromatic N) is 1. The summed E-state index contributed by atoms with van der Waals surface area (Å²) in [6, 6.07) is 8.25. The topological polar surface area (TPSA) is 29.3 Å². The number of nitrogens with two attached hydrogens (primary N) is 1. The van der Waals surface area contributed by atoms with E-state index in [0.29, 0.717) is 5.41 Å². The molecule has 0 amide bonds. The molecule has 0 radical (unpaired) electrons. The summed E-state index contributed by atoms with van der Waals surface area (Å²) in [4.78, 5) is 2.41. The van der Waals surface area contributed by atoms with E-state index in [0.717, 1.165) is 18.8 Å². The highest BCUT2D eigenvalue weighted by molar-refractivity contribution is 5.41. The Bertz CT molecular complexity index is 371. The molecule has 2 nitrogen and oxygen atoms in total. The molecule has 0 aliphatic heterocycles. The van der Waals surface area contributed by atoms with Crippen molar-refractivity contribution < 1.29 is 0 Å². The first-order valence-corrected chi connectivity index (χ1v) is 6.65. The van der Waals surface area contributed by atoms with E-state index in [-0.39, 0.29) is 5.41 Å². The fraction of sp³-hybridized carbons (Fsp3) is 0.625. The molecule has 18 heavy (non-hydrogen) atoms. The second-order valence-electron chi connectivity index (χ2n) is 7.24. The van der Waals surface area contributed by atoms with E-state index in [4.69, 9.17) is 5.73 Å². The molecule has 0 aliphatic carbocycles. The Morgan fingerprint density at radius 3 is 1.89 bits per heavy atom. The lowest BCUT2D eigenvalue weighted by Crippen LogP contribution is -2.38. The van der Waals surface area contributed by atoms with E-state index in [1.54, 1.807) is 0 Å². The molecule has 102 valence electrons. The van der Waals surface area contributed by atoms with E-state index >= 15 is 0 Å². The van der Waals surface area contributed by atoms with Gasteiger partial charge in [-0.3, -0.25) is 0 Å². The number of likely N-dealkylation sites (N-methyl/N-ethyl adjacent to an activating group) is 1. The van der Waals surface area contributed by atoms with Crippen LogP contribution in [0.5, 0.6) is 0 Å². The Hall–Kier alpha value is -1.02. The maximum Gasteiger partial charge on any atom is 0.0314 e. The van der Waals surface area contributed by atoms with Gasteiger partial charge in [-0.2, -0.15) is 0 Å². The Labute approximate surface area is 112 Å². The molecule has 2 N–H and O–H groups in total. The Morgan fingerprint density at radius 1 is 0.944 bits per heavy atom. The van der Waals surface area contributed by atoms with Crippen molar-refractivity contribution in [2.75, 3.05) is 25.9 Å². The number of anilines is 1. The van der Waals surface area contributed by atoms with Gasteiger partial charge < -0.3 is 10.6 Å². The predicted molar refractivity (Wildman–Crippen MR) is 80.8 cm³/mol. The SMILES string of the molecule is CN(CC(C)(C)C)CC(C)(C)c1ccc(N)cc1. The summed E-state index contributed by atoms with van der Waals surface area (Å²) in [7, 11) is 2.20. The zero-order valence-electron chi connectivity index (χ0n) is 12.7. The van der Waals surface area contributed by atoms with Crippen LogP contribution in [-0.2, 0) is 5.41 Å². The van der Waals surface area contributed by atoms with E-state index in [2.05, 4.69) is 58.7 Å². The smallest absolute Gasteiger partial charge is 0.0314 e. The maximum atomic E-state index is 5.74. The minimum absolute atomic E-state index is 0.147. The lowest BCUT2D eigenvalue weighted by Gasteiger charge is -2.34. The molecule has 0 spiro atoms. The summed E-state index contributed by atoms with van der Waals surface area (Å²) in [6.07, 6.45) is 0. The molecule has 0 fully saturated rings. The highest BCUT2D eigenvalue weighted by atomic mass is 15.1. The highest BCUT2D eigenvalue weighted by Crippen LogP contribution is 2.26. The van der Waals surface area contributed by atoms with Gasteiger partial charge in [0.05, 0.1) is 0 Å². The van der Waals surface area contributed by atoms with Crippen LogP contribution in [0.15, 0.2) is 24.3 Å². The first-order valence-electron chi connectivity index (χ1n) is 6.65. The Balaban J connectivity index is 2.72. The van der Waals surface area contributed by atoms with Gasteiger partial charge in [0.2, 0.25) is 0 Å². The fourth-order valence-corrected chi connectivity index (χ4v) is 2.57. The highest BCUT2D eigenvalue weighted by Gasteiger charge is 2.24. The molecule has 0 atom stereocenters. The minimum Gasteiger partial charge on any atom is -0.399 e. The predicted octanol–water partition coefficient (Wildman–Crippen LogP) is 3.52. The summed E-state index contributed by atoms with van der Waals surface area (Å²) >= 11 is 0. The van der Waals surface area contributed by atoms with Gasteiger partial charge in [-0.25, -0.2) is 0 Å². The third-order valence-electron chi connectivity index (χ3n) is 3.10. The lowest BCUT2D eigenvalue weighted by atomic mass is 9.83. The molecule has 1 aromatic carbocycles. The van der Waals surface area contributed by atoms with E-state index in [1.807, 2.05) is 12.1 Å². The van der Waals surface area contributed by atoms with E-state index < -0.39 is 0 Å². The second-order valence-corrected chi connectivity index (χ2v) is 7.24. The number of hydrogen-bond acceptors (Lipinski definition) is 2. The van der Waals surface area contributed by atoms with E-state index in [9.17, 15) is 0 Å². The zero-order chi connectivity index (χ0) is 14.0. The number of rotatable bonds is 4. The zero-order valence-corrected chi connectivity index (χ0v) is 12.7. The third-order valence-corrected chi connectivity index (χ3v) is 3.10. The number of hydrogen-bond donors (Lipinski definition) is 1. The molecule has 0 saturated carbocycles. The van der Waals surface area contributed by atoms with Gasteiger partial charge in [0, 0.05) is 24.2 Å². The van der Waals surface area contributed by atoms with Crippen LogP contribution in [0.1, 0.15) is 40.2 Å². The molecular weight excluding hydrogens is 220 g/mol.